The molecule has 0 aromatic carbocycles. The van der Waals surface area contributed by atoms with E-state index >= 15 is 0 Å². The maximum absolute atomic E-state index is 11.6. The molecule has 15 heavy (non-hydrogen) atoms. The average molecular weight is 233 g/mol. The van der Waals surface area contributed by atoms with Crippen molar-refractivity contribution in [1.29, 1.82) is 0 Å². The van der Waals surface area contributed by atoms with Gasteiger partial charge in [0.1, 0.15) is 0 Å². The van der Waals surface area contributed by atoms with Crippen molar-refractivity contribution in [2.45, 2.75) is 43.8 Å². The molecule has 2 saturated heterocycles. The summed E-state index contributed by atoms with van der Waals surface area (Å²) >= 11 is 0. The van der Waals surface area contributed by atoms with E-state index in [0.29, 0.717) is 12.1 Å². The van der Waals surface area contributed by atoms with Gasteiger partial charge in [-0.1, -0.05) is 0 Å². The lowest BCUT2D eigenvalue weighted by Crippen LogP contribution is -2.50. The van der Waals surface area contributed by atoms with E-state index < -0.39 is 10.2 Å². The molecular weight excluding hydrogens is 214 g/mol. The highest BCUT2D eigenvalue weighted by Gasteiger charge is 2.37. The molecular formula is C9H19N3O2S. The Hall–Kier alpha value is -0.170. The third kappa shape index (κ3) is 2.18. The summed E-state index contributed by atoms with van der Waals surface area (Å²) < 4.78 is 27.1. The van der Waals surface area contributed by atoms with Gasteiger partial charge in [-0.15, -0.1) is 0 Å². The zero-order chi connectivity index (χ0) is 11.1. The van der Waals surface area contributed by atoms with Gasteiger partial charge in [-0.2, -0.15) is 12.7 Å². The second-order valence-electron chi connectivity index (χ2n) is 4.49. The van der Waals surface area contributed by atoms with Gasteiger partial charge >= 0.3 is 0 Å². The maximum Gasteiger partial charge on any atom is 0.279 e. The number of fused-ring (bicyclic) bond motifs is 2. The van der Waals surface area contributed by atoms with Crippen molar-refractivity contribution < 1.29 is 8.42 Å². The first-order valence-corrected chi connectivity index (χ1v) is 6.89. The monoisotopic (exact) mass is 233 g/mol. The largest absolute Gasteiger partial charge is 0.311 e. The molecule has 0 amide bonds. The molecule has 2 unspecified atom stereocenters. The predicted octanol–water partition coefficient (Wildman–Crippen LogP) is -0.335. The van der Waals surface area contributed by atoms with Crippen LogP contribution in [0.1, 0.15) is 25.7 Å². The molecule has 0 saturated carbocycles. The summed E-state index contributed by atoms with van der Waals surface area (Å²) in [7, 11) is -0.134. The van der Waals surface area contributed by atoms with Crippen molar-refractivity contribution in [2.75, 3.05) is 14.1 Å². The molecule has 2 aliphatic heterocycles. The van der Waals surface area contributed by atoms with Crippen LogP contribution in [0.25, 0.3) is 0 Å². The Morgan fingerprint density at radius 1 is 1.27 bits per heavy atom. The van der Waals surface area contributed by atoms with E-state index in [0.717, 1.165) is 12.8 Å². The average Bonchev–Trinajstić information content (AvgIpc) is 2.56. The molecule has 6 heteroatoms. The smallest absolute Gasteiger partial charge is 0.279 e. The summed E-state index contributed by atoms with van der Waals surface area (Å²) in [5.41, 5.74) is 0. The fourth-order valence-corrected chi connectivity index (χ4v) is 3.52. The van der Waals surface area contributed by atoms with Gasteiger partial charge in [0.05, 0.1) is 0 Å². The van der Waals surface area contributed by atoms with Crippen LogP contribution in [0, 0.1) is 0 Å². The van der Waals surface area contributed by atoms with Crippen LogP contribution >= 0.6 is 0 Å². The highest BCUT2D eigenvalue weighted by atomic mass is 32.2. The number of piperidine rings is 1. The van der Waals surface area contributed by atoms with Crippen molar-refractivity contribution in [3.05, 3.63) is 0 Å². The molecule has 5 nitrogen and oxygen atoms in total. The van der Waals surface area contributed by atoms with Gasteiger partial charge in [0, 0.05) is 32.2 Å². The second kappa shape index (κ2) is 4.01. The van der Waals surface area contributed by atoms with Crippen LogP contribution in [0.3, 0.4) is 0 Å². The fourth-order valence-electron chi connectivity index (χ4n) is 2.66. The van der Waals surface area contributed by atoms with Gasteiger partial charge in [0.25, 0.3) is 10.2 Å². The lowest BCUT2D eigenvalue weighted by Gasteiger charge is -2.34. The molecule has 0 radical (unpaired) electrons. The molecule has 2 heterocycles. The Bertz CT molecular complexity index is 318. The van der Waals surface area contributed by atoms with Crippen molar-refractivity contribution in [2.24, 2.45) is 0 Å². The van der Waals surface area contributed by atoms with Gasteiger partial charge in [0.15, 0.2) is 0 Å². The van der Waals surface area contributed by atoms with Crippen LogP contribution in [-0.4, -0.2) is 44.9 Å². The van der Waals surface area contributed by atoms with E-state index in [2.05, 4.69) is 10.0 Å². The van der Waals surface area contributed by atoms with Crippen LogP contribution in [0.15, 0.2) is 0 Å². The summed E-state index contributed by atoms with van der Waals surface area (Å²) in [6.07, 6.45) is 4.25. The second-order valence-corrected chi connectivity index (χ2v) is 6.42. The number of nitrogens with one attached hydrogen (secondary N) is 2. The maximum atomic E-state index is 11.6. The van der Waals surface area contributed by atoms with E-state index in [1.165, 1.54) is 24.2 Å². The van der Waals surface area contributed by atoms with Crippen molar-refractivity contribution in [3.63, 3.8) is 0 Å². The summed E-state index contributed by atoms with van der Waals surface area (Å²) in [4.78, 5) is 0. The summed E-state index contributed by atoms with van der Waals surface area (Å²) in [5.74, 6) is 0. The van der Waals surface area contributed by atoms with E-state index in [1.807, 2.05) is 0 Å². The van der Waals surface area contributed by atoms with Crippen LogP contribution in [-0.2, 0) is 10.2 Å². The SMILES string of the molecule is CNS(=O)(=O)N(C)C1CC2CCC(C1)N2. The summed E-state index contributed by atoms with van der Waals surface area (Å²) in [6.45, 7) is 0. The van der Waals surface area contributed by atoms with Crippen LogP contribution < -0.4 is 10.0 Å². The third-order valence-electron chi connectivity index (χ3n) is 3.60. The molecule has 2 atom stereocenters. The van der Waals surface area contributed by atoms with E-state index in [1.54, 1.807) is 7.05 Å². The van der Waals surface area contributed by atoms with Gasteiger partial charge in [-0.05, 0) is 25.7 Å². The molecule has 88 valence electrons. The number of nitrogens with zero attached hydrogens (tertiary/aromatic N) is 1. The lowest BCUT2D eigenvalue weighted by molar-refractivity contribution is 0.250. The van der Waals surface area contributed by atoms with Crippen molar-refractivity contribution in [3.8, 4) is 0 Å². The summed E-state index contributed by atoms with van der Waals surface area (Å²) in [5, 5.41) is 3.50. The van der Waals surface area contributed by atoms with E-state index in [9.17, 15) is 8.42 Å². The molecule has 2 bridgehead atoms. The first-order valence-electron chi connectivity index (χ1n) is 5.45. The van der Waals surface area contributed by atoms with Crippen LogP contribution in [0.4, 0.5) is 0 Å². The minimum absolute atomic E-state index is 0.154. The predicted molar refractivity (Wildman–Crippen MR) is 58.7 cm³/mol. The first-order chi connectivity index (χ1) is 7.03. The molecule has 2 N–H and O–H groups in total. The molecule has 2 rings (SSSR count). The van der Waals surface area contributed by atoms with Gasteiger partial charge < -0.3 is 5.32 Å². The standard InChI is InChI=1S/C9H19N3O2S/c1-10-15(13,14)12(2)9-5-7-3-4-8(6-9)11-7/h7-11H,3-6H2,1-2H3. The number of rotatable bonds is 3. The van der Waals surface area contributed by atoms with Crippen LogP contribution in [0.2, 0.25) is 0 Å². The van der Waals surface area contributed by atoms with Gasteiger partial charge in [0.2, 0.25) is 0 Å². The molecule has 2 aliphatic rings. The van der Waals surface area contributed by atoms with Crippen molar-refractivity contribution in [1.82, 2.24) is 14.3 Å². The topological polar surface area (TPSA) is 61.4 Å². The normalized spacial score (nSPS) is 36.1. The Morgan fingerprint density at radius 3 is 2.27 bits per heavy atom. The van der Waals surface area contributed by atoms with E-state index in [-0.39, 0.29) is 6.04 Å². The third-order valence-corrected chi connectivity index (χ3v) is 5.17. The Balaban J connectivity index is 2.06. The zero-order valence-corrected chi connectivity index (χ0v) is 10.0. The van der Waals surface area contributed by atoms with Gasteiger partial charge in [-0.3, -0.25) is 0 Å². The molecule has 0 aliphatic carbocycles. The van der Waals surface area contributed by atoms with Crippen LogP contribution in [0.5, 0.6) is 0 Å². The Morgan fingerprint density at radius 2 is 1.80 bits per heavy atom. The quantitative estimate of drug-likeness (QED) is 0.701. The first kappa shape index (κ1) is 11.3. The van der Waals surface area contributed by atoms with E-state index in [4.69, 9.17) is 0 Å². The Kier molecular flexibility index (Phi) is 3.03. The molecule has 0 aromatic heterocycles. The molecule has 0 spiro atoms. The molecule has 0 aromatic rings. The fraction of sp³-hybridized carbons (Fsp3) is 1.00. The number of hydrogen-bond acceptors (Lipinski definition) is 3. The number of hydrogen-bond donors (Lipinski definition) is 2. The minimum Gasteiger partial charge on any atom is -0.311 e. The lowest BCUT2D eigenvalue weighted by atomic mass is 10.0. The summed E-state index contributed by atoms with van der Waals surface area (Å²) in [6, 6.07) is 1.19. The highest BCUT2D eigenvalue weighted by molar-refractivity contribution is 7.87. The van der Waals surface area contributed by atoms with Gasteiger partial charge in [-0.25, -0.2) is 4.72 Å². The minimum atomic E-state index is -3.26. The molecule has 2 fully saturated rings. The Labute approximate surface area is 91.4 Å². The van der Waals surface area contributed by atoms with Crippen molar-refractivity contribution >= 4 is 10.2 Å². The highest BCUT2D eigenvalue weighted by Crippen LogP contribution is 2.29. The zero-order valence-electron chi connectivity index (χ0n) is 9.23.